The van der Waals surface area contributed by atoms with Gasteiger partial charge in [-0.25, -0.2) is 0 Å². The van der Waals surface area contributed by atoms with Crippen LogP contribution in [-0.4, -0.2) is 71.7 Å². The van der Waals surface area contributed by atoms with Gasteiger partial charge in [-0.3, -0.25) is 19.8 Å². The number of likely N-dealkylation sites (tertiary alicyclic amines) is 1. The Labute approximate surface area is 145 Å². The highest BCUT2D eigenvalue weighted by atomic mass is 32.2. The van der Waals surface area contributed by atoms with E-state index in [0.717, 1.165) is 50.6 Å². The fourth-order valence-electron chi connectivity index (χ4n) is 3.21. The largest absolute Gasteiger partial charge is 0.340 e. The first-order valence-electron chi connectivity index (χ1n) is 8.23. The molecule has 2 fully saturated rings. The van der Waals surface area contributed by atoms with E-state index in [-0.39, 0.29) is 11.6 Å². The van der Waals surface area contributed by atoms with Gasteiger partial charge in [0.25, 0.3) is 5.69 Å². The zero-order valence-electron chi connectivity index (χ0n) is 13.5. The van der Waals surface area contributed by atoms with Gasteiger partial charge in [-0.15, -0.1) is 11.8 Å². The quantitative estimate of drug-likeness (QED) is 0.488. The number of benzene rings is 1. The van der Waals surface area contributed by atoms with E-state index in [4.69, 9.17) is 0 Å². The normalized spacial score (nSPS) is 21.8. The number of nitro groups is 1. The Kier molecular flexibility index (Phi) is 5.70. The molecule has 2 heterocycles. The Morgan fingerprint density at radius 3 is 2.62 bits per heavy atom. The second-order valence-corrected chi connectivity index (χ2v) is 7.16. The van der Waals surface area contributed by atoms with Crippen molar-refractivity contribution in [2.45, 2.75) is 17.4 Å². The first-order valence-corrected chi connectivity index (χ1v) is 9.22. The highest BCUT2D eigenvalue weighted by Gasteiger charge is 2.30. The van der Waals surface area contributed by atoms with E-state index in [9.17, 15) is 14.9 Å². The van der Waals surface area contributed by atoms with E-state index in [0.29, 0.717) is 11.8 Å². The Morgan fingerprint density at radius 2 is 1.96 bits per heavy atom. The molecule has 1 atom stereocenters. The van der Waals surface area contributed by atoms with Crippen LogP contribution < -0.4 is 5.32 Å². The fraction of sp³-hybridized carbons (Fsp3) is 0.562. The summed E-state index contributed by atoms with van der Waals surface area (Å²) in [5.74, 6) is 0.530. The fourth-order valence-corrected chi connectivity index (χ4v) is 4.02. The third kappa shape index (κ3) is 4.25. The van der Waals surface area contributed by atoms with Gasteiger partial charge in [-0.1, -0.05) is 0 Å². The molecule has 2 saturated heterocycles. The van der Waals surface area contributed by atoms with Crippen molar-refractivity contribution in [2.75, 3.05) is 45.0 Å². The Hall–Kier alpha value is -1.64. The number of amides is 1. The summed E-state index contributed by atoms with van der Waals surface area (Å²) in [6.45, 7) is 5.82. The van der Waals surface area contributed by atoms with Crippen molar-refractivity contribution in [3.05, 3.63) is 34.4 Å². The van der Waals surface area contributed by atoms with Gasteiger partial charge in [0.1, 0.15) is 0 Å². The maximum atomic E-state index is 12.4. The van der Waals surface area contributed by atoms with Crippen LogP contribution in [0.15, 0.2) is 29.2 Å². The second-order valence-electron chi connectivity index (χ2n) is 6.11. The Balaban J connectivity index is 1.46. The molecule has 2 aliphatic heterocycles. The molecule has 0 bridgehead atoms. The number of nitrogens with one attached hydrogen (secondary N) is 1. The van der Waals surface area contributed by atoms with Gasteiger partial charge >= 0.3 is 0 Å². The zero-order chi connectivity index (χ0) is 16.9. The molecule has 130 valence electrons. The summed E-state index contributed by atoms with van der Waals surface area (Å²) in [6, 6.07) is 6.83. The van der Waals surface area contributed by atoms with E-state index < -0.39 is 4.92 Å². The first-order chi connectivity index (χ1) is 11.6. The summed E-state index contributed by atoms with van der Waals surface area (Å²) in [4.78, 5) is 27.9. The molecule has 24 heavy (non-hydrogen) atoms. The van der Waals surface area contributed by atoms with Crippen LogP contribution in [0, 0.1) is 10.1 Å². The minimum atomic E-state index is -0.417. The van der Waals surface area contributed by atoms with Gasteiger partial charge in [0.2, 0.25) is 5.91 Å². The lowest BCUT2D eigenvalue weighted by Crippen LogP contribution is -2.49. The van der Waals surface area contributed by atoms with Crippen LogP contribution in [0.4, 0.5) is 5.69 Å². The molecule has 1 aromatic carbocycles. The summed E-state index contributed by atoms with van der Waals surface area (Å²) in [5.41, 5.74) is 0.0732. The molecule has 0 spiro atoms. The summed E-state index contributed by atoms with van der Waals surface area (Å²) < 4.78 is 0. The second kappa shape index (κ2) is 7.96. The molecule has 0 aliphatic carbocycles. The lowest BCUT2D eigenvalue weighted by molar-refractivity contribution is -0.384. The third-order valence-electron chi connectivity index (χ3n) is 4.59. The summed E-state index contributed by atoms with van der Waals surface area (Å²) in [5, 5.41) is 14.0. The topological polar surface area (TPSA) is 78.7 Å². The van der Waals surface area contributed by atoms with Crippen LogP contribution in [0.3, 0.4) is 0 Å². The molecule has 8 heteroatoms. The van der Waals surface area contributed by atoms with Crippen molar-refractivity contribution < 1.29 is 9.72 Å². The highest BCUT2D eigenvalue weighted by molar-refractivity contribution is 8.00. The molecule has 1 unspecified atom stereocenters. The van der Waals surface area contributed by atoms with Crippen molar-refractivity contribution in [1.82, 2.24) is 15.1 Å². The van der Waals surface area contributed by atoms with E-state index >= 15 is 0 Å². The third-order valence-corrected chi connectivity index (χ3v) is 5.59. The number of rotatable bonds is 5. The maximum Gasteiger partial charge on any atom is 0.269 e. The molecule has 0 saturated carbocycles. The number of piperazine rings is 1. The van der Waals surface area contributed by atoms with Crippen LogP contribution in [0.5, 0.6) is 0 Å². The van der Waals surface area contributed by atoms with Crippen LogP contribution in [0.1, 0.15) is 6.42 Å². The average Bonchev–Trinajstić information content (AvgIpc) is 3.11. The van der Waals surface area contributed by atoms with E-state index in [1.807, 2.05) is 4.90 Å². The molecular weight excluding hydrogens is 328 g/mol. The van der Waals surface area contributed by atoms with Gasteiger partial charge in [0, 0.05) is 62.3 Å². The molecule has 0 radical (unpaired) electrons. The molecule has 0 aromatic heterocycles. The first kappa shape index (κ1) is 17.2. The average molecular weight is 350 g/mol. The number of hydrogen-bond donors (Lipinski definition) is 1. The predicted octanol–water partition coefficient (Wildman–Crippen LogP) is 1.19. The summed E-state index contributed by atoms with van der Waals surface area (Å²) in [6.07, 6.45) is 1.05. The summed E-state index contributed by atoms with van der Waals surface area (Å²) >= 11 is 1.44. The molecule has 3 rings (SSSR count). The lowest BCUT2D eigenvalue weighted by Gasteiger charge is -2.32. The van der Waals surface area contributed by atoms with Crippen LogP contribution in [-0.2, 0) is 4.79 Å². The molecule has 7 nitrogen and oxygen atoms in total. The molecule has 1 aromatic rings. The van der Waals surface area contributed by atoms with Crippen molar-refractivity contribution >= 4 is 23.4 Å². The standard InChI is InChI=1S/C16H22N4O3S/c21-16(12-24-15-3-1-13(2-4-15)20(22)23)19-8-5-14(11-19)18-9-6-17-7-10-18/h1-4,14,17H,5-12H2. The van der Waals surface area contributed by atoms with Crippen LogP contribution in [0.2, 0.25) is 0 Å². The SMILES string of the molecule is O=C(CSc1ccc([N+](=O)[O-])cc1)N1CCC(N2CCNCC2)C1. The maximum absolute atomic E-state index is 12.4. The molecule has 2 aliphatic rings. The number of non-ortho nitro benzene ring substituents is 1. The number of hydrogen-bond acceptors (Lipinski definition) is 6. The van der Waals surface area contributed by atoms with Crippen LogP contribution >= 0.6 is 11.8 Å². The molecular formula is C16H22N4O3S. The minimum Gasteiger partial charge on any atom is -0.340 e. The van der Waals surface area contributed by atoms with E-state index in [2.05, 4.69) is 10.2 Å². The monoisotopic (exact) mass is 350 g/mol. The van der Waals surface area contributed by atoms with Gasteiger partial charge in [0.05, 0.1) is 10.7 Å². The highest BCUT2D eigenvalue weighted by Crippen LogP contribution is 2.23. The number of nitrogens with zero attached hydrogens (tertiary/aromatic N) is 3. The molecule has 1 amide bonds. The van der Waals surface area contributed by atoms with Crippen molar-refractivity contribution in [3.63, 3.8) is 0 Å². The zero-order valence-corrected chi connectivity index (χ0v) is 14.3. The Morgan fingerprint density at radius 1 is 1.25 bits per heavy atom. The van der Waals surface area contributed by atoms with Crippen LogP contribution in [0.25, 0.3) is 0 Å². The van der Waals surface area contributed by atoms with Crippen molar-refractivity contribution in [1.29, 1.82) is 0 Å². The summed E-state index contributed by atoms with van der Waals surface area (Å²) in [7, 11) is 0. The number of nitro benzene ring substituents is 1. The molecule has 1 N–H and O–H groups in total. The van der Waals surface area contributed by atoms with E-state index in [1.54, 1.807) is 12.1 Å². The van der Waals surface area contributed by atoms with Gasteiger partial charge < -0.3 is 10.2 Å². The minimum absolute atomic E-state index is 0.0732. The van der Waals surface area contributed by atoms with Gasteiger partial charge in [-0.05, 0) is 18.6 Å². The Bertz CT molecular complexity index is 589. The van der Waals surface area contributed by atoms with Crippen molar-refractivity contribution in [2.24, 2.45) is 0 Å². The van der Waals surface area contributed by atoms with Gasteiger partial charge in [0.15, 0.2) is 0 Å². The number of carbonyl (C=O) groups excluding carboxylic acids is 1. The smallest absolute Gasteiger partial charge is 0.269 e. The lowest BCUT2D eigenvalue weighted by atomic mass is 10.2. The number of thioether (sulfide) groups is 1. The number of carbonyl (C=O) groups is 1. The predicted molar refractivity (Wildman–Crippen MR) is 93.2 cm³/mol. The van der Waals surface area contributed by atoms with E-state index in [1.165, 1.54) is 23.9 Å². The van der Waals surface area contributed by atoms with Gasteiger partial charge in [-0.2, -0.15) is 0 Å². The van der Waals surface area contributed by atoms with Crippen molar-refractivity contribution in [3.8, 4) is 0 Å².